The van der Waals surface area contributed by atoms with Gasteiger partial charge in [-0.15, -0.1) is 0 Å². The molecule has 1 unspecified atom stereocenters. The molecular formula is C77H134O6. The Morgan fingerprint density at radius 1 is 0.253 bits per heavy atom. The van der Waals surface area contributed by atoms with E-state index in [0.29, 0.717) is 12.8 Å². The highest BCUT2D eigenvalue weighted by Gasteiger charge is 2.19. The quantitative estimate of drug-likeness (QED) is 0.0261. The molecule has 6 nitrogen and oxygen atoms in total. The van der Waals surface area contributed by atoms with E-state index in [1.807, 2.05) is 0 Å². The molecule has 0 aromatic heterocycles. The minimum Gasteiger partial charge on any atom is -0.462 e. The molecule has 0 aromatic rings. The van der Waals surface area contributed by atoms with Gasteiger partial charge < -0.3 is 14.2 Å². The molecule has 0 bridgehead atoms. The third-order valence-corrected chi connectivity index (χ3v) is 15.6. The van der Waals surface area contributed by atoms with Crippen LogP contribution in [0.15, 0.2) is 97.2 Å². The lowest BCUT2D eigenvalue weighted by Crippen LogP contribution is -2.30. The Bertz CT molecular complexity index is 1610. The number of hydrogen-bond donors (Lipinski definition) is 0. The number of hydrogen-bond acceptors (Lipinski definition) is 6. The lowest BCUT2D eigenvalue weighted by molar-refractivity contribution is -0.167. The van der Waals surface area contributed by atoms with E-state index in [9.17, 15) is 14.4 Å². The van der Waals surface area contributed by atoms with Crippen molar-refractivity contribution in [2.24, 2.45) is 0 Å². The van der Waals surface area contributed by atoms with E-state index in [0.717, 1.165) is 116 Å². The highest BCUT2D eigenvalue weighted by molar-refractivity contribution is 5.71. The third-order valence-electron chi connectivity index (χ3n) is 15.6. The first-order chi connectivity index (χ1) is 41.0. The first kappa shape index (κ1) is 79.3. The van der Waals surface area contributed by atoms with E-state index < -0.39 is 6.10 Å². The largest absolute Gasteiger partial charge is 0.462 e. The average Bonchev–Trinajstić information content (AvgIpc) is 3.49. The van der Waals surface area contributed by atoms with Gasteiger partial charge in [0.15, 0.2) is 6.10 Å². The van der Waals surface area contributed by atoms with Crippen LogP contribution in [0, 0.1) is 0 Å². The smallest absolute Gasteiger partial charge is 0.306 e. The number of unbranched alkanes of at least 4 members (excludes halogenated alkanes) is 38. The summed E-state index contributed by atoms with van der Waals surface area (Å²) in [6.45, 7) is 6.45. The number of ether oxygens (including phenoxy) is 3. The normalized spacial score (nSPS) is 12.7. The van der Waals surface area contributed by atoms with Crippen molar-refractivity contribution >= 4 is 17.9 Å². The molecule has 0 aliphatic rings. The van der Waals surface area contributed by atoms with E-state index in [1.54, 1.807) is 0 Å². The van der Waals surface area contributed by atoms with Gasteiger partial charge in [-0.3, -0.25) is 14.4 Å². The second kappa shape index (κ2) is 70.8. The molecule has 0 saturated heterocycles. The fraction of sp³-hybridized carbons (Fsp3) is 0.753. The third kappa shape index (κ3) is 69.0. The van der Waals surface area contributed by atoms with E-state index in [-0.39, 0.29) is 37.5 Å². The van der Waals surface area contributed by atoms with Crippen LogP contribution in [0.3, 0.4) is 0 Å². The van der Waals surface area contributed by atoms with Crippen molar-refractivity contribution in [2.45, 2.75) is 361 Å². The molecular weight excluding hydrogens is 1020 g/mol. The van der Waals surface area contributed by atoms with Crippen LogP contribution in [0.1, 0.15) is 355 Å². The van der Waals surface area contributed by atoms with Gasteiger partial charge in [0, 0.05) is 19.3 Å². The Labute approximate surface area is 515 Å². The van der Waals surface area contributed by atoms with Gasteiger partial charge in [-0.25, -0.2) is 0 Å². The molecule has 0 amide bonds. The van der Waals surface area contributed by atoms with Gasteiger partial charge in [0.05, 0.1) is 0 Å². The molecule has 0 rings (SSSR count). The van der Waals surface area contributed by atoms with Crippen LogP contribution in [0.2, 0.25) is 0 Å². The molecule has 0 aromatic carbocycles. The van der Waals surface area contributed by atoms with Crippen LogP contribution >= 0.6 is 0 Å². The maximum atomic E-state index is 12.8. The second-order valence-electron chi connectivity index (χ2n) is 23.8. The summed E-state index contributed by atoms with van der Waals surface area (Å²) >= 11 is 0. The SMILES string of the molecule is CC/C=C\C/C=C\C/C=C\C/C=C\C/C=C\C/C=C\C/C=C\CCCCCC(=O)OC(COC(=O)CCCCCCC)COC(=O)CCCCCCCCCCCCCCCCCCCCCCCCC/C=C\CCCCCCCCCC. The number of esters is 3. The van der Waals surface area contributed by atoms with Crippen LogP contribution in [0.25, 0.3) is 0 Å². The van der Waals surface area contributed by atoms with Crippen molar-refractivity contribution in [1.29, 1.82) is 0 Å². The molecule has 0 aliphatic heterocycles. The van der Waals surface area contributed by atoms with Crippen LogP contribution in [0.4, 0.5) is 0 Å². The summed E-state index contributed by atoms with van der Waals surface area (Å²) in [5.41, 5.74) is 0. The summed E-state index contributed by atoms with van der Waals surface area (Å²) in [6.07, 6.45) is 96.5. The fourth-order valence-corrected chi connectivity index (χ4v) is 10.2. The molecule has 0 radical (unpaired) electrons. The molecule has 83 heavy (non-hydrogen) atoms. The monoisotopic (exact) mass is 1160 g/mol. The van der Waals surface area contributed by atoms with Crippen molar-refractivity contribution < 1.29 is 28.6 Å². The Hall–Kier alpha value is -3.67. The highest BCUT2D eigenvalue weighted by atomic mass is 16.6. The molecule has 0 saturated carbocycles. The number of carbonyl (C=O) groups excluding carboxylic acids is 3. The van der Waals surface area contributed by atoms with Gasteiger partial charge in [0.2, 0.25) is 0 Å². The summed E-state index contributed by atoms with van der Waals surface area (Å²) < 4.78 is 16.8. The molecule has 1 atom stereocenters. The van der Waals surface area contributed by atoms with Crippen molar-refractivity contribution in [1.82, 2.24) is 0 Å². The predicted molar refractivity (Wildman–Crippen MR) is 362 cm³/mol. The number of allylic oxidation sites excluding steroid dienone is 16. The van der Waals surface area contributed by atoms with Gasteiger partial charge in [-0.05, 0) is 103 Å². The van der Waals surface area contributed by atoms with Gasteiger partial charge in [0.1, 0.15) is 13.2 Å². The first-order valence-electron chi connectivity index (χ1n) is 35.7. The number of carbonyl (C=O) groups is 3. The Balaban J connectivity index is 3.97. The van der Waals surface area contributed by atoms with E-state index >= 15 is 0 Å². The van der Waals surface area contributed by atoms with Crippen LogP contribution in [-0.2, 0) is 28.6 Å². The zero-order valence-electron chi connectivity index (χ0n) is 54.9. The van der Waals surface area contributed by atoms with E-state index in [2.05, 4.69) is 118 Å². The van der Waals surface area contributed by atoms with Gasteiger partial charge in [-0.2, -0.15) is 0 Å². The van der Waals surface area contributed by atoms with Crippen molar-refractivity contribution in [3.05, 3.63) is 97.2 Å². The van der Waals surface area contributed by atoms with Gasteiger partial charge in [0.25, 0.3) is 0 Å². The van der Waals surface area contributed by atoms with Crippen LogP contribution in [-0.4, -0.2) is 37.2 Å². The van der Waals surface area contributed by atoms with Crippen molar-refractivity contribution in [3.8, 4) is 0 Å². The van der Waals surface area contributed by atoms with Crippen molar-refractivity contribution in [2.75, 3.05) is 13.2 Å². The van der Waals surface area contributed by atoms with Crippen LogP contribution < -0.4 is 0 Å². The first-order valence-corrected chi connectivity index (χ1v) is 35.7. The predicted octanol–water partition coefficient (Wildman–Crippen LogP) is 24.8. The summed E-state index contributed by atoms with van der Waals surface area (Å²) in [5.74, 6) is -0.925. The van der Waals surface area contributed by atoms with E-state index in [1.165, 1.54) is 199 Å². The van der Waals surface area contributed by atoms with Crippen molar-refractivity contribution in [3.63, 3.8) is 0 Å². The zero-order chi connectivity index (χ0) is 59.9. The highest BCUT2D eigenvalue weighted by Crippen LogP contribution is 2.18. The molecule has 478 valence electrons. The minimum atomic E-state index is -0.792. The topological polar surface area (TPSA) is 78.9 Å². The standard InChI is InChI=1S/C77H134O6/c1-4-7-10-13-15-17-19-21-23-25-27-29-31-33-34-35-36-37-38-39-40-41-42-44-45-47-49-51-53-55-57-59-61-64-67-70-76(79)82-73-74(72-81-75(78)69-66-63-12-9-6-3)83-77(80)71-68-65-62-60-58-56-54-52-50-48-46-43-32-30-28-26-24-22-20-18-16-14-11-8-5-2/h8,11,16,18,22,24-25,27-28,30,43,46,50,52,56,58,74H,4-7,9-10,12-15,17,19-21,23,26,29,31-42,44-45,47-49,51,53-55,57,59-73H2,1-3H3/b11-8-,18-16-,24-22-,27-25-,30-28-,46-43-,52-50-,58-56-. The zero-order valence-corrected chi connectivity index (χ0v) is 54.9. The summed E-state index contributed by atoms with van der Waals surface area (Å²) in [6, 6.07) is 0. The Morgan fingerprint density at radius 3 is 0.759 bits per heavy atom. The summed E-state index contributed by atoms with van der Waals surface area (Å²) in [4.78, 5) is 38.0. The molecule has 0 aliphatic carbocycles. The van der Waals surface area contributed by atoms with E-state index in [4.69, 9.17) is 14.2 Å². The summed E-state index contributed by atoms with van der Waals surface area (Å²) in [5, 5.41) is 0. The lowest BCUT2D eigenvalue weighted by atomic mass is 10.0. The van der Waals surface area contributed by atoms with Crippen LogP contribution in [0.5, 0.6) is 0 Å². The molecule has 0 fully saturated rings. The fourth-order valence-electron chi connectivity index (χ4n) is 10.2. The maximum Gasteiger partial charge on any atom is 0.306 e. The lowest BCUT2D eigenvalue weighted by Gasteiger charge is -2.18. The molecule has 0 spiro atoms. The molecule has 0 heterocycles. The number of rotatable bonds is 65. The van der Waals surface area contributed by atoms with Gasteiger partial charge >= 0.3 is 17.9 Å². The molecule has 0 N–H and O–H groups in total. The second-order valence-corrected chi connectivity index (χ2v) is 23.8. The molecule has 6 heteroatoms. The minimum absolute atomic E-state index is 0.0889. The average molecular weight is 1160 g/mol. The maximum absolute atomic E-state index is 12.8. The summed E-state index contributed by atoms with van der Waals surface area (Å²) in [7, 11) is 0. The van der Waals surface area contributed by atoms with Gasteiger partial charge in [-0.1, -0.05) is 330 Å². The Kier molecular flexibility index (Phi) is 67.7. The Morgan fingerprint density at radius 2 is 0.470 bits per heavy atom.